The molecule has 1 saturated heterocycles. The molecule has 160 valence electrons. The monoisotopic (exact) mass is 511 g/mol. The van der Waals surface area contributed by atoms with Crippen LogP contribution in [0.5, 0.6) is 0 Å². The van der Waals surface area contributed by atoms with Gasteiger partial charge < -0.3 is 15.5 Å². The Morgan fingerprint density at radius 3 is 2.34 bits per heavy atom. The second kappa shape index (κ2) is 13.4. The van der Waals surface area contributed by atoms with E-state index in [1.807, 2.05) is 29.2 Å². The number of likely N-dealkylation sites (tertiary alicyclic amines) is 1. The Bertz CT molecular complexity index is 686. The lowest BCUT2D eigenvalue weighted by Gasteiger charge is -2.34. The topological polar surface area (TPSA) is 80.5 Å². The molecule has 0 aromatic heterocycles. The molecular formula is C22H34IN5O. The maximum absolute atomic E-state index is 12.5. The van der Waals surface area contributed by atoms with Crippen LogP contribution in [0.3, 0.4) is 0 Å². The van der Waals surface area contributed by atoms with Gasteiger partial charge in [-0.15, -0.1) is 24.0 Å². The number of benzene rings is 1. The molecule has 2 rings (SSSR count). The Morgan fingerprint density at radius 1 is 1.21 bits per heavy atom. The molecule has 1 aliphatic heterocycles. The maximum Gasteiger partial charge on any atom is 0.225 e. The first-order valence-electron chi connectivity index (χ1n) is 10.4. The van der Waals surface area contributed by atoms with Crippen molar-refractivity contribution in [1.29, 1.82) is 5.26 Å². The van der Waals surface area contributed by atoms with Gasteiger partial charge in [0.05, 0.1) is 18.2 Å². The molecule has 1 heterocycles. The number of aliphatic imine (C=N–C) groups is 1. The third-order valence-corrected chi connectivity index (χ3v) is 5.33. The second-order valence-corrected chi connectivity index (χ2v) is 7.26. The van der Waals surface area contributed by atoms with E-state index in [1.54, 1.807) is 0 Å². The van der Waals surface area contributed by atoms with E-state index in [2.05, 4.69) is 42.5 Å². The highest BCUT2D eigenvalue weighted by molar-refractivity contribution is 14.0. The predicted octanol–water partition coefficient (Wildman–Crippen LogP) is 3.66. The van der Waals surface area contributed by atoms with Gasteiger partial charge in [0.15, 0.2) is 5.96 Å². The highest BCUT2D eigenvalue weighted by Crippen LogP contribution is 2.17. The summed E-state index contributed by atoms with van der Waals surface area (Å²) in [6.07, 6.45) is 3.71. The number of piperidine rings is 1. The summed E-state index contributed by atoms with van der Waals surface area (Å²) in [5.41, 5.74) is 1.73. The largest absolute Gasteiger partial charge is 0.357 e. The third kappa shape index (κ3) is 7.84. The zero-order valence-corrected chi connectivity index (χ0v) is 20.1. The van der Waals surface area contributed by atoms with Crippen molar-refractivity contribution in [2.45, 2.75) is 59.0 Å². The molecular weight excluding hydrogens is 477 g/mol. The van der Waals surface area contributed by atoms with Gasteiger partial charge in [0.25, 0.3) is 0 Å². The molecule has 1 aromatic carbocycles. The molecule has 1 fully saturated rings. The van der Waals surface area contributed by atoms with Crippen LogP contribution < -0.4 is 10.6 Å². The number of guanidine groups is 1. The van der Waals surface area contributed by atoms with E-state index >= 15 is 0 Å². The Kier molecular flexibility index (Phi) is 11.7. The lowest BCUT2D eigenvalue weighted by molar-refractivity contribution is -0.136. The summed E-state index contributed by atoms with van der Waals surface area (Å²) < 4.78 is 0. The number of carbonyl (C=O) groups excluding carboxylic acids is 1. The predicted molar refractivity (Wildman–Crippen MR) is 128 cm³/mol. The first-order chi connectivity index (χ1) is 13.6. The van der Waals surface area contributed by atoms with Crippen molar-refractivity contribution in [1.82, 2.24) is 15.5 Å². The van der Waals surface area contributed by atoms with Crippen LogP contribution in [0.4, 0.5) is 0 Å². The SMILES string of the molecule is CCNC(=NCc1ccc(C#N)cc1)NC1CCN(C(=O)C(CC)CC)CC1.I. The Labute approximate surface area is 192 Å². The van der Waals surface area contributed by atoms with Crippen molar-refractivity contribution in [2.75, 3.05) is 19.6 Å². The minimum Gasteiger partial charge on any atom is -0.357 e. The van der Waals surface area contributed by atoms with Gasteiger partial charge in [0, 0.05) is 31.6 Å². The molecule has 0 saturated carbocycles. The van der Waals surface area contributed by atoms with Crippen LogP contribution in [0.25, 0.3) is 0 Å². The highest BCUT2D eigenvalue weighted by atomic mass is 127. The van der Waals surface area contributed by atoms with E-state index in [0.717, 1.165) is 56.8 Å². The smallest absolute Gasteiger partial charge is 0.225 e. The normalized spacial score (nSPS) is 14.9. The highest BCUT2D eigenvalue weighted by Gasteiger charge is 2.26. The molecule has 0 spiro atoms. The van der Waals surface area contributed by atoms with Crippen molar-refractivity contribution in [2.24, 2.45) is 10.9 Å². The summed E-state index contributed by atoms with van der Waals surface area (Å²) in [4.78, 5) is 19.2. The lowest BCUT2D eigenvalue weighted by atomic mass is 9.98. The van der Waals surface area contributed by atoms with Crippen LogP contribution >= 0.6 is 24.0 Å². The fraction of sp³-hybridized carbons (Fsp3) is 0.591. The molecule has 7 heteroatoms. The number of halogens is 1. The van der Waals surface area contributed by atoms with Gasteiger partial charge in [0.2, 0.25) is 5.91 Å². The summed E-state index contributed by atoms with van der Waals surface area (Å²) in [7, 11) is 0. The zero-order chi connectivity index (χ0) is 20.4. The second-order valence-electron chi connectivity index (χ2n) is 7.26. The first kappa shape index (κ1) is 25.2. The van der Waals surface area contributed by atoms with Gasteiger partial charge in [0.1, 0.15) is 0 Å². The number of amides is 1. The summed E-state index contributed by atoms with van der Waals surface area (Å²) in [5, 5.41) is 15.7. The lowest BCUT2D eigenvalue weighted by Crippen LogP contribution is -2.50. The average molecular weight is 511 g/mol. The minimum atomic E-state index is 0. The molecule has 29 heavy (non-hydrogen) atoms. The van der Waals surface area contributed by atoms with E-state index in [-0.39, 0.29) is 29.9 Å². The number of nitriles is 1. The first-order valence-corrected chi connectivity index (χ1v) is 10.4. The quantitative estimate of drug-likeness (QED) is 0.333. The summed E-state index contributed by atoms with van der Waals surface area (Å²) in [5.74, 6) is 1.28. The van der Waals surface area contributed by atoms with E-state index in [9.17, 15) is 4.79 Å². The van der Waals surface area contributed by atoms with Gasteiger partial charge in [-0.2, -0.15) is 5.26 Å². The van der Waals surface area contributed by atoms with E-state index in [1.165, 1.54) is 0 Å². The van der Waals surface area contributed by atoms with Gasteiger partial charge in [-0.1, -0.05) is 26.0 Å². The molecule has 1 amide bonds. The Balaban J connectivity index is 0.00000420. The molecule has 0 bridgehead atoms. The molecule has 0 radical (unpaired) electrons. The van der Waals surface area contributed by atoms with Gasteiger partial charge in [-0.25, -0.2) is 4.99 Å². The molecule has 0 unspecified atom stereocenters. The van der Waals surface area contributed by atoms with Crippen LogP contribution in [0, 0.1) is 17.2 Å². The Morgan fingerprint density at radius 2 is 1.83 bits per heavy atom. The van der Waals surface area contributed by atoms with E-state index < -0.39 is 0 Å². The van der Waals surface area contributed by atoms with E-state index in [0.29, 0.717) is 24.1 Å². The molecule has 1 aromatic rings. The third-order valence-electron chi connectivity index (χ3n) is 5.33. The van der Waals surface area contributed by atoms with Crippen molar-refractivity contribution in [3.63, 3.8) is 0 Å². The van der Waals surface area contributed by atoms with Crippen molar-refractivity contribution < 1.29 is 4.79 Å². The van der Waals surface area contributed by atoms with Crippen LogP contribution in [-0.4, -0.2) is 42.4 Å². The van der Waals surface area contributed by atoms with Crippen LogP contribution in [-0.2, 0) is 11.3 Å². The maximum atomic E-state index is 12.5. The van der Waals surface area contributed by atoms with E-state index in [4.69, 9.17) is 5.26 Å². The fourth-order valence-corrected chi connectivity index (χ4v) is 3.51. The number of rotatable bonds is 7. The number of nitrogens with zero attached hydrogens (tertiary/aromatic N) is 3. The molecule has 2 N–H and O–H groups in total. The number of hydrogen-bond donors (Lipinski definition) is 2. The van der Waals surface area contributed by atoms with Gasteiger partial charge in [-0.3, -0.25) is 4.79 Å². The number of hydrogen-bond acceptors (Lipinski definition) is 3. The fourth-order valence-electron chi connectivity index (χ4n) is 3.51. The number of carbonyl (C=O) groups is 1. The number of nitrogens with one attached hydrogen (secondary N) is 2. The van der Waals surface area contributed by atoms with Crippen LogP contribution in [0.15, 0.2) is 29.3 Å². The van der Waals surface area contributed by atoms with Crippen LogP contribution in [0.2, 0.25) is 0 Å². The standard InChI is InChI=1S/C22H33N5O.HI/c1-4-19(5-2)21(28)27-13-11-20(12-14-27)26-22(24-6-3)25-16-18-9-7-17(15-23)8-10-18;/h7-10,19-20H,4-6,11-14,16H2,1-3H3,(H2,24,25,26);1H. The molecule has 6 nitrogen and oxygen atoms in total. The summed E-state index contributed by atoms with van der Waals surface area (Å²) >= 11 is 0. The molecule has 0 aliphatic carbocycles. The van der Waals surface area contributed by atoms with Gasteiger partial charge in [-0.05, 0) is 50.3 Å². The van der Waals surface area contributed by atoms with Crippen molar-refractivity contribution in [3.05, 3.63) is 35.4 Å². The average Bonchev–Trinajstić information content (AvgIpc) is 2.74. The summed E-state index contributed by atoms with van der Waals surface area (Å²) in [6, 6.07) is 9.97. The van der Waals surface area contributed by atoms with Crippen LogP contribution in [0.1, 0.15) is 57.6 Å². The Hall–Kier alpha value is -1.82. The van der Waals surface area contributed by atoms with Gasteiger partial charge >= 0.3 is 0 Å². The van der Waals surface area contributed by atoms with Crippen molar-refractivity contribution >= 4 is 35.8 Å². The minimum absolute atomic E-state index is 0. The van der Waals surface area contributed by atoms with Crippen molar-refractivity contribution in [3.8, 4) is 6.07 Å². The molecule has 0 atom stereocenters. The summed E-state index contributed by atoms with van der Waals surface area (Å²) in [6.45, 7) is 9.21. The molecule has 1 aliphatic rings. The zero-order valence-electron chi connectivity index (χ0n) is 17.8.